The lowest BCUT2D eigenvalue weighted by Crippen LogP contribution is -2.48. The van der Waals surface area contributed by atoms with E-state index in [0.29, 0.717) is 18.8 Å². The number of carbonyl (C=O) groups excluding carboxylic acids is 2. The molecule has 0 aromatic carbocycles. The van der Waals surface area contributed by atoms with Gasteiger partial charge in [0, 0.05) is 59.1 Å². The van der Waals surface area contributed by atoms with E-state index in [2.05, 4.69) is 27.1 Å². The number of rotatable bonds is 4. The summed E-state index contributed by atoms with van der Waals surface area (Å²) in [4.78, 5) is 33.8. The number of fused-ring (bicyclic) bond motifs is 1. The molecule has 1 atom stereocenters. The Kier molecular flexibility index (Phi) is 4.68. The molecule has 3 heterocycles. The van der Waals surface area contributed by atoms with E-state index < -0.39 is 0 Å². The van der Waals surface area contributed by atoms with Crippen molar-refractivity contribution in [3.05, 3.63) is 23.5 Å². The summed E-state index contributed by atoms with van der Waals surface area (Å²) in [5, 5.41) is 3.03. The molecule has 0 radical (unpaired) electrons. The van der Waals surface area contributed by atoms with Gasteiger partial charge in [0.15, 0.2) is 0 Å². The van der Waals surface area contributed by atoms with Crippen molar-refractivity contribution in [2.75, 3.05) is 59.9 Å². The first kappa shape index (κ1) is 16.0. The lowest BCUT2D eigenvalue weighted by Gasteiger charge is -2.32. The topological polar surface area (TPSA) is 71.7 Å². The van der Waals surface area contributed by atoms with Crippen LogP contribution in [0.2, 0.25) is 0 Å². The van der Waals surface area contributed by atoms with Gasteiger partial charge in [0.25, 0.3) is 5.91 Å². The van der Waals surface area contributed by atoms with Gasteiger partial charge in [-0.25, -0.2) is 0 Å². The fraction of sp³-hybridized carbons (Fsp3) is 0.625. The number of amides is 2. The molecule has 0 saturated carbocycles. The minimum absolute atomic E-state index is 0.000623. The molecule has 1 saturated heterocycles. The summed E-state index contributed by atoms with van der Waals surface area (Å²) in [6.45, 7) is 6.22. The molecule has 0 spiro atoms. The molecule has 7 heteroatoms. The second-order valence-corrected chi connectivity index (χ2v) is 6.48. The van der Waals surface area contributed by atoms with Crippen LogP contribution in [0.15, 0.2) is 12.3 Å². The van der Waals surface area contributed by atoms with Gasteiger partial charge in [0.1, 0.15) is 5.69 Å². The van der Waals surface area contributed by atoms with Crippen LogP contribution in [0.1, 0.15) is 22.0 Å². The molecule has 23 heavy (non-hydrogen) atoms. The predicted molar refractivity (Wildman–Crippen MR) is 87.4 cm³/mol. The van der Waals surface area contributed by atoms with Crippen LogP contribution in [-0.2, 0) is 4.79 Å². The number of H-pyrrole nitrogens is 1. The Balaban J connectivity index is 1.53. The van der Waals surface area contributed by atoms with Crippen molar-refractivity contribution in [1.82, 2.24) is 25.0 Å². The van der Waals surface area contributed by atoms with E-state index >= 15 is 0 Å². The predicted octanol–water partition coefficient (Wildman–Crippen LogP) is -0.452. The van der Waals surface area contributed by atoms with Gasteiger partial charge in [-0.05, 0) is 18.7 Å². The first-order chi connectivity index (χ1) is 11.1. The van der Waals surface area contributed by atoms with E-state index in [1.807, 2.05) is 6.07 Å². The summed E-state index contributed by atoms with van der Waals surface area (Å²) in [7, 11) is 3.87. The first-order valence-corrected chi connectivity index (χ1v) is 8.17. The van der Waals surface area contributed by atoms with Gasteiger partial charge in [-0.2, -0.15) is 0 Å². The van der Waals surface area contributed by atoms with Crippen LogP contribution in [0.3, 0.4) is 0 Å². The number of piperazine rings is 1. The minimum Gasteiger partial charge on any atom is -0.357 e. The van der Waals surface area contributed by atoms with Crippen LogP contribution < -0.4 is 5.32 Å². The van der Waals surface area contributed by atoms with Crippen molar-refractivity contribution in [3.63, 3.8) is 0 Å². The number of carbonyl (C=O) groups is 2. The number of likely N-dealkylation sites (N-methyl/N-ethyl adjacent to an activating group) is 2. The summed E-state index contributed by atoms with van der Waals surface area (Å²) in [6, 6.07) is 1.84. The van der Waals surface area contributed by atoms with E-state index in [0.717, 1.165) is 38.3 Å². The maximum Gasteiger partial charge on any atom is 0.270 e. The Bertz CT molecular complexity index is 577. The number of aromatic amines is 1. The number of nitrogens with one attached hydrogen (secondary N) is 2. The molecular weight excluding hydrogens is 294 g/mol. The summed E-state index contributed by atoms with van der Waals surface area (Å²) in [5.74, 6) is -0.336. The van der Waals surface area contributed by atoms with Gasteiger partial charge in [0.05, 0.1) is 5.92 Å². The maximum atomic E-state index is 12.5. The van der Waals surface area contributed by atoms with Crippen LogP contribution in [0, 0.1) is 0 Å². The number of hydrogen-bond donors (Lipinski definition) is 2. The van der Waals surface area contributed by atoms with E-state index in [-0.39, 0.29) is 17.7 Å². The Morgan fingerprint density at radius 2 is 2.04 bits per heavy atom. The average molecular weight is 319 g/mol. The molecule has 2 amide bonds. The quantitative estimate of drug-likeness (QED) is 0.788. The molecule has 2 N–H and O–H groups in total. The van der Waals surface area contributed by atoms with Gasteiger partial charge < -0.3 is 20.1 Å². The van der Waals surface area contributed by atoms with E-state index in [9.17, 15) is 9.59 Å². The molecular formula is C16H25N5O2. The van der Waals surface area contributed by atoms with E-state index in [1.54, 1.807) is 18.1 Å². The van der Waals surface area contributed by atoms with Crippen molar-refractivity contribution in [2.45, 2.75) is 5.92 Å². The van der Waals surface area contributed by atoms with Crippen molar-refractivity contribution in [1.29, 1.82) is 0 Å². The molecule has 2 aliphatic rings. The summed E-state index contributed by atoms with van der Waals surface area (Å²) < 4.78 is 0. The lowest BCUT2D eigenvalue weighted by atomic mass is 9.93. The molecule has 0 bridgehead atoms. The average Bonchev–Trinajstić information content (AvgIpc) is 3.02. The first-order valence-electron chi connectivity index (χ1n) is 8.17. The SMILES string of the molecule is CN1CCN(CCNC(=O)C2CN(C)C(=O)c3[nH]ccc32)CC1. The van der Waals surface area contributed by atoms with E-state index in [4.69, 9.17) is 0 Å². The van der Waals surface area contributed by atoms with Gasteiger partial charge in [-0.1, -0.05) is 0 Å². The Morgan fingerprint density at radius 3 is 2.78 bits per heavy atom. The third-order valence-corrected chi connectivity index (χ3v) is 4.81. The zero-order chi connectivity index (χ0) is 16.4. The largest absolute Gasteiger partial charge is 0.357 e. The highest BCUT2D eigenvalue weighted by Gasteiger charge is 2.34. The summed E-state index contributed by atoms with van der Waals surface area (Å²) in [6.07, 6.45) is 1.73. The highest BCUT2D eigenvalue weighted by atomic mass is 16.2. The molecule has 1 fully saturated rings. The fourth-order valence-electron chi connectivity index (χ4n) is 3.26. The maximum absolute atomic E-state index is 12.5. The molecule has 1 aromatic heterocycles. The molecule has 3 rings (SSSR count). The van der Waals surface area contributed by atoms with Crippen LogP contribution in [0.5, 0.6) is 0 Å². The van der Waals surface area contributed by atoms with Gasteiger partial charge in [-0.3, -0.25) is 14.5 Å². The van der Waals surface area contributed by atoms with Crippen molar-refractivity contribution < 1.29 is 9.59 Å². The summed E-state index contributed by atoms with van der Waals surface area (Å²) >= 11 is 0. The third-order valence-electron chi connectivity index (χ3n) is 4.81. The molecule has 7 nitrogen and oxygen atoms in total. The number of aromatic nitrogens is 1. The Morgan fingerprint density at radius 1 is 1.30 bits per heavy atom. The second-order valence-electron chi connectivity index (χ2n) is 6.48. The van der Waals surface area contributed by atoms with Gasteiger partial charge in [0.2, 0.25) is 5.91 Å². The van der Waals surface area contributed by atoms with Gasteiger partial charge in [-0.15, -0.1) is 0 Å². The second kappa shape index (κ2) is 6.72. The van der Waals surface area contributed by atoms with Crippen LogP contribution >= 0.6 is 0 Å². The Hall–Kier alpha value is -1.86. The highest BCUT2D eigenvalue weighted by molar-refractivity contribution is 5.99. The molecule has 1 unspecified atom stereocenters. The minimum atomic E-state index is -0.286. The zero-order valence-corrected chi connectivity index (χ0v) is 13.8. The number of hydrogen-bond acceptors (Lipinski definition) is 4. The molecule has 126 valence electrons. The smallest absolute Gasteiger partial charge is 0.270 e. The Labute approximate surface area is 136 Å². The lowest BCUT2D eigenvalue weighted by molar-refractivity contribution is -0.123. The normalized spacial score (nSPS) is 23.0. The molecule has 2 aliphatic heterocycles. The van der Waals surface area contributed by atoms with E-state index in [1.165, 1.54) is 0 Å². The van der Waals surface area contributed by atoms with Crippen molar-refractivity contribution in [3.8, 4) is 0 Å². The monoisotopic (exact) mass is 319 g/mol. The molecule has 1 aromatic rings. The zero-order valence-electron chi connectivity index (χ0n) is 13.8. The van der Waals surface area contributed by atoms with Crippen LogP contribution in [-0.4, -0.2) is 91.4 Å². The number of nitrogens with zero attached hydrogens (tertiary/aromatic N) is 3. The van der Waals surface area contributed by atoms with Crippen LogP contribution in [0.25, 0.3) is 0 Å². The molecule has 0 aliphatic carbocycles. The van der Waals surface area contributed by atoms with Crippen LogP contribution in [0.4, 0.5) is 0 Å². The fourth-order valence-corrected chi connectivity index (χ4v) is 3.26. The standard InChI is InChI=1S/C16H25N5O2/c1-19-7-9-21(10-8-19)6-5-18-15(22)13-11-20(2)16(23)14-12(13)3-4-17-14/h3-4,13,17H,5-11H2,1-2H3,(H,18,22). The van der Waals surface area contributed by atoms with Crippen molar-refractivity contribution in [2.24, 2.45) is 0 Å². The van der Waals surface area contributed by atoms with Crippen molar-refractivity contribution >= 4 is 11.8 Å². The summed E-state index contributed by atoms with van der Waals surface area (Å²) in [5.41, 5.74) is 1.35. The highest BCUT2D eigenvalue weighted by Crippen LogP contribution is 2.26. The third kappa shape index (κ3) is 3.40. The van der Waals surface area contributed by atoms with Gasteiger partial charge >= 0.3 is 0 Å².